The van der Waals surface area contributed by atoms with Crippen LogP contribution < -0.4 is 20.5 Å². The molecule has 1 heterocycles. The minimum absolute atomic E-state index is 0.0634. The first-order chi connectivity index (χ1) is 13.9. The summed E-state index contributed by atoms with van der Waals surface area (Å²) in [6, 6.07) is 18.9. The highest BCUT2D eigenvalue weighted by atomic mass is 35.5. The van der Waals surface area contributed by atoms with E-state index in [1.54, 1.807) is 48.5 Å². The summed E-state index contributed by atoms with van der Waals surface area (Å²) >= 11 is 6.16. The Bertz CT molecular complexity index is 1190. The van der Waals surface area contributed by atoms with Gasteiger partial charge >= 0.3 is 0 Å². The molecule has 0 saturated carbocycles. The quantitative estimate of drug-likeness (QED) is 0.545. The van der Waals surface area contributed by atoms with Crippen LogP contribution in [0.1, 0.15) is 5.56 Å². The maximum absolute atomic E-state index is 12.7. The maximum atomic E-state index is 12.7. The number of halogens is 1. The van der Waals surface area contributed by atoms with E-state index in [0.29, 0.717) is 27.9 Å². The molecule has 3 aromatic carbocycles. The van der Waals surface area contributed by atoms with E-state index in [9.17, 15) is 8.42 Å². The summed E-state index contributed by atoms with van der Waals surface area (Å²) in [4.78, 5) is 4.40. The number of para-hydroxylation sites is 2. The summed E-state index contributed by atoms with van der Waals surface area (Å²) in [5.41, 5.74) is 7.51. The average molecular weight is 429 g/mol. The molecule has 29 heavy (non-hydrogen) atoms. The number of nitrogens with zero attached hydrogens (tertiary/aromatic N) is 1. The monoisotopic (exact) mass is 428 g/mol. The van der Waals surface area contributed by atoms with Crippen molar-refractivity contribution < 1.29 is 13.2 Å². The fourth-order valence-electron chi connectivity index (χ4n) is 2.78. The van der Waals surface area contributed by atoms with E-state index in [1.165, 1.54) is 6.07 Å². The maximum Gasteiger partial charge on any atom is 0.266 e. The molecule has 4 N–H and O–H groups in total. The molecule has 0 aliphatic carbocycles. The van der Waals surface area contributed by atoms with Gasteiger partial charge < -0.3 is 15.8 Å². The van der Waals surface area contributed by atoms with Crippen molar-refractivity contribution in [1.82, 2.24) is 4.72 Å². The fourth-order valence-corrected chi connectivity index (χ4v) is 4.11. The molecular formula is C20H17ClN4O3S. The van der Waals surface area contributed by atoms with E-state index < -0.39 is 10.0 Å². The molecule has 9 heteroatoms. The number of nitrogens with one attached hydrogen (secondary N) is 2. The van der Waals surface area contributed by atoms with Gasteiger partial charge in [-0.2, -0.15) is 0 Å². The summed E-state index contributed by atoms with van der Waals surface area (Å²) in [5.74, 6) is 0.839. The predicted octanol–water partition coefficient (Wildman–Crippen LogP) is 3.97. The van der Waals surface area contributed by atoms with E-state index in [1.807, 2.05) is 12.1 Å². The highest BCUT2D eigenvalue weighted by Gasteiger charge is 2.29. The van der Waals surface area contributed by atoms with Gasteiger partial charge in [0.15, 0.2) is 5.75 Å². The van der Waals surface area contributed by atoms with Gasteiger partial charge in [-0.25, -0.2) is 18.1 Å². The lowest BCUT2D eigenvalue weighted by molar-refractivity contribution is 0.483. The number of nitrogen functional groups attached to an aromatic ring is 1. The van der Waals surface area contributed by atoms with Gasteiger partial charge in [0.05, 0.1) is 11.6 Å². The summed E-state index contributed by atoms with van der Waals surface area (Å²) in [6.45, 7) is 0.272. The third-order valence-electron chi connectivity index (χ3n) is 4.21. The molecule has 1 aliphatic rings. The van der Waals surface area contributed by atoms with E-state index >= 15 is 0 Å². The van der Waals surface area contributed by atoms with Crippen LogP contribution in [-0.4, -0.2) is 14.4 Å². The summed E-state index contributed by atoms with van der Waals surface area (Å²) < 4.78 is 33.7. The molecule has 3 aromatic rings. The number of anilines is 2. The number of sulfonamides is 1. The minimum Gasteiger partial charge on any atom is -0.454 e. The van der Waals surface area contributed by atoms with E-state index in [2.05, 4.69) is 15.0 Å². The molecular weight excluding hydrogens is 412 g/mol. The van der Waals surface area contributed by atoms with E-state index in [4.69, 9.17) is 22.1 Å². The normalized spacial score (nSPS) is 15.8. The van der Waals surface area contributed by atoms with Crippen LogP contribution in [0.2, 0.25) is 5.02 Å². The zero-order chi connectivity index (χ0) is 20.4. The Hall–Kier alpha value is -3.23. The molecule has 0 amide bonds. The van der Waals surface area contributed by atoms with Gasteiger partial charge in [-0.1, -0.05) is 41.9 Å². The van der Waals surface area contributed by atoms with Crippen LogP contribution in [0.15, 0.2) is 76.6 Å². The van der Waals surface area contributed by atoms with Crippen molar-refractivity contribution in [3.8, 4) is 11.5 Å². The van der Waals surface area contributed by atoms with Crippen LogP contribution >= 0.6 is 11.6 Å². The molecule has 148 valence electrons. The zero-order valence-electron chi connectivity index (χ0n) is 15.1. The number of hydrogen-bond acceptors (Lipinski definition) is 5. The number of benzene rings is 3. The second-order valence-corrected chi connectivity index (χ2v) is 8.36. The first-order valence-corrected chi connectivity index (χ1v) is 10.5. The Balaban J connectivity index is 1.67. The predicted molar refractivity (Wildman–Crippen MR) is 114 cm³/mol. The summed E-state index contributed by atoms with van der Waals surface area (Å²) in [7, 11) is -3.80. The van der Waals surface area contributed by atoms with Crippen LogP contribution in [0.3, 0.4) is 0 Å². The van der Waals surface area contributed by atoms with Crippen molar-refractivity contribution in [3.63, 3.8) is 0 Å². The SMILES string of the molecule is Nc1ccc(CN=C2Nc3c(Oc4ccccc4Cl)cccc3S(=O)(=O)N2)cc1. The first kappa shape index (κ1) is 19.1. The number of aliphatic imine (C=N–C) groups is 1. The molecule has 0 fully saturated rings. The highest BCUT2D eigenvalue weighted by molar-refractivity contribution is 7.90. The van der Waals surface area contributed by atoms with Crippen LogP contribution in [0.4, 0.5) is 11.4 Å². The van der Waals surface area contributed by atoms with Crippen molar-refractivity contribution in [2.24, 2.45) is 4.99 Å². The second-order valence-electron chi connectivity index (χ2n) is 6.30. The van der Waals surface area contributed by atoms with Crippen LogP contribution in [-0.2, 0) is 16.6 Å². The van der Waals surface area contributed by atoms with Gasteiger partial charge in [-0.3, -0.25) is 0 Å². The Morgan fingerprint density at radius 1 is 0.966 bits per heavy atom. The van der Waals surface area contributed by atoms with E-state index in [-0.39, 0.29) is 17.4 Å². The summed E-state index contributed by atoms with van der Waals surface area (Å²) in [6.07, 6.45) is 0. The number of hydrogen-bond donors (Lipinski definition) is 3. The van der Waals surface area contributed by atoms with Crippen molar-refractivity contribution in [1.29, 1.82) is 0 Å². The minimum atomic E-state index is -3.80. The Morgan fingerprint density at radius 2 is 1.69 bits per heavy atom. The standard InChI is InChI=1S/C20H17ClN4O3S/c21-15-4-1-2-5-16(15)28-17-6-3-7-18-19(17)24-20(25-29(18,26)27)23-12-13-8-10-14(22)11-9-13/h1-11H,12,22H2,(H2,23,24,25). The van der Waals surface area contributed by atoms with Crippen molar-refractivity contribution in [2.75, 3.05) is 11.1 Å². The third kappa shape index (κ3) is 4.13. The highest BCUT2D eigenvalue weighted by Crippen LogP contribution is 2.38. The lowest BCUT2D eigenvalue weighted by atomic mass is 10.2. The van der Waals surface area contributed by atoms with Gasteiger partial charge in [0.25, 0.3) is 10.0 Å². The molecule has 0 aromatic heterocycles. The molecule has 0 saturated heterocycles. The molecule has 1 aliphatic heterocycles. The van der Waals surface area contributed by atoms with Crippen molar-refractivity contribution in [2.45, 2.75) is 11.4 Å². The van der Waals surface area contributed by atoms with Gasteiger partial charge in [0.1, 0.15) is 16.3 Å². The fraction of sp³-hybridized carbons (Fsp3) is 0.0500. The topological polar surface area (TPSA) is 106 Å². The second kappa shape index (κ2) is 7.65. The third-order valence-corrected chi connectivity index (χ3v) is 5.90. The van der Waals surface area contributed by atoms with Crippen LogP contribution in [0.25, 0.3) is 0 Å². The largest absolute Gasteiger partial charge is 0.454 e. The van der Waals surface area contributed by atoms with Crippen molar-refractivity contribution in [3.05, 3.63) is 77.3 Å². The number of nitrogens with two attached hydrogens (primary N) is 1. The number of guanidine groups is 1. The smallest absolute Gasteiger partial charge is 0.266 e. The number of ether oxygens (including phenoxy) is 1. The molecule has 0 spiro atoms. The molecule has 0 unspecified atom stereocenters. The molecule has 0 bridgehead atoms. The Morgan fingerprint density at radius 3 is 2.45 bits per heavy atom. The van der Waals surface area contributed by atoms with E-state index in [0.717, 1.165) is 5.56 Å². The van der Waals surface area contributed by atoms with Gasteiger partial charge in [-0.15, -0.1) is 0 Å². The lowest BCUT2D eigenvalue weighted by Crippen LogP contribution is -2.40. The Kier molecular flexibility index (Phi) is 5.04. The number of fused-ring (bicyclic) bond motifs is 1. The van der Waals surface area contributed by atoms with Crippen molar-refractivity contribution >= 4 is 39.0 Å². The van der Waals surface area contributed by atoms with Crippen LogP contribution in [0.5, 0.6) is 11.5 Å². The average Bonchev–Trinajstić information content (AvgIpc) is 2.69. The first-order valence-electron chi connectivity index (χ1n) is 8.66. The molecule has 0 radical (unpaired) electrons. The number of rotatable bonds is 4. The molecule has 0 atom stereocenters. The molecule has 7 nitrogen and oxygen atoms in total. The Labute approximate surface area is 173 Å². The molecule has 4 rings (SSSR count). The lowest BCUT2D eigenvalue weighted by Gasteiger charge is -2.23. The summed E-state index contributed by atoms with van der Waals surface area (Å²) in [5, 5.41) is 3.43. The van der Waals surface area contributed by atoms with Gasteiger partial charge in [0, 0.05) is 5.69 Å². The zero-order valence-corrected chi connectivity index (χ0v) is 16.7. The van der Waals surface area contributed by atoms with Gasteiger partial charge in [-0.05, 0) is 42.0 Å². The van der Waals surface area contributed by atoms with Gasteiger partial charge in [0.2, 0.25) is 5.96 Å². The van der Waals surface area contributed by atoms with Crippen LogP contribution in [0, 0.1) is 0 Å².